The van der Waals surface area contributed by atoms with E-state index in [0.717, 1.165) is 47.4 Å². The number of pyridine rings is 1. The second kappa shape index (κ2) is 8.19. The molecule has 182 valence electrons. The molecule has 2 aromatic carbocycles. The minimum absolute atomic E-state index is 0.00174. The van der Waals surface area contributed by atoms with Gasteiger partial charge in [-0.15, -0.1) is 10.2 Å². The number of benzene rings is 2. The zero-order valence-electron chi connectivity index (χ0n) is 18.8. The Morgan fingerprint density at radius 2 is 1.83 bits per heavy atom. The second-order valence-electron chi connectivity index (χ2n) is 8.45. The van der Waals surface area contributed by atoms with Crippen molar-refractivity contribution in [1.82, 2.24) is 24.6 Å². The number of methoxy groups -OCH3 is 1. The van der Waals surface area contributed by atoms with Crippen LogP contribution in [0.2, 0.25) is 0 Å². The lowest BCUT2D eigenvalue weighted by atomic mass is 10.1. The van der Waals surface area contributed by atoms with Crippen LogP contribution in [0.5, 0.6) is 5.88 Å². The number of fused-ring (bicyclic) bond motifs is 3. The van der Waals surface area contributed by atoms with E-state index >= 15 is 0 Å². The number of halogens is 2. The lowest BCUT2D eigenvalue weighted by Gasteiger charge is -2.13. The van der Waals surface area contributed by atoms with Crippen LogP contribution in [-0.4, -0.2) is 40.1 Å². The van der Waals surface area contributed by atoms with Gasteiger partial charge in [-0.05, 0) is 48.7 Å². The Hall–Kier alpha value is -4.19. The van der Waals surface area contributed by atoms with Gasteiger partial charge in [-0.3, -0.25) is 14.1 Å². The van der Waals surface area contributed by atoms with E-state index in [1.165, 1.54) is 19.4 Å². The standard InChI is InChI=1S/C24H18F2N6O3S/c1-35-24-19(31-36(33,34)21-7-5-16(25)10-17(21)26)8-15(11-28-24)14-4-6-18-20(9-14)32-22(12-27-18)29-30-23(32)13-2-3-13/h4-13,31H,2-3H2,1H3. The summed E-state index contributed by atoms with van der Waals surface area (Å²) in [7, 11) is -3.06. The SMILES string of the molecule is COc1ncc(-c2ccc3ncc4nnc(C5CC5)n4c3c2)cc1NS(=O)(=O)c1ccc(F)cc1F. The first-order valence-corrected chi connectivity index (χ1v) is 12.5. The van der Waals surface area contributed by atoms with Gasteiger partial charge in [0, 0.05) is 23.7 Å². The molecular formula is C24H18F2N6O3S. The van der Waals surface area contributed by atoms with Gasteiger partial charge in [-0.1, -0.05) is 6.07 Å². The molecule has 5 aromatic rings. The molecule has 3 aromatic heterocycles. The van der Waals surface area contributed by atoms with Crippen molar-refractivity contribution in [3.8, 4) is 17.0 Å². The molecule has 1 saturated carbocycles. The van der Waals surface area contributed by atoms with E-state index in [9.17, 15) is 17.2 Å². The smallest absolute Gasteiger partial charge is 0.264 e. The van der Waals surface area contributed by atoms with Gasteiger partial charge < -0.3 is 4.74 Å². The molecule has 0 spiro atoms. The lowest BCUT2D eigenvalue weighted by molar-refractivity contribution is 0.400. The molecule has 0 unspecified atom stereocenters. The van der Waals surface area contributed by atoms with Crippen molar-refractivity contribution in [1.29, 1.82) is 0 Å². The fourth-order valence-corrected chi connectivity index (χ4v) is 5.21. The molecule has 36 heavy (non-hydrogen) atoms. The number of ether oxygens (including phenoxy) is 1. The van der Waals surface area contributed by atoms with E-state index in [1.807, 2.05) is 22.6 Å². The number of anilines is 1. The first-order chi connectivity index (χ1) is 17.3. The van der Waals surface area contributed by atoms with Crippen molar-refractivity contribution in [2.24, 2.45) is 0 Å². The number of sulfonamides is 1. The van der Waals surface area contributed by atoms with Gasteiger partial charge in [-0.25, -0.2) is 22.2 Å². The van der Waals surface area contributed by atoms with Crippen molar-refractivity contribution in [2.45, 2.75) is 23.7 Å². The highest BCUT2D eigenvalue weighted by Crippen LogP contribution is 2.40. The third-order valence-electron chi connectivity index (χ3n) is 6.00. The first-order valence-electron chi connectivity index (χ1n) is 11.0. The minimum Gasteiger partial charge on any atom is -0.480 e. The molecule has 0 radical (unpaired) electrons. The largest absolute Gasteiger partial charge is 0.480 e. The van der Waals surface area contributed by atoms with Gasteiger partial charge >= 0.3 is 0 Å². The van der Waals surface area contributed by atoms with Gasteiger partial charge in [0.25, 0.3) is 10.0 Å². The number of nitrogens with one attached hydrogen (secondary N) is 1. The van der Waals surface area contributed by atoms with Gasteiger partial charge in [0.15, 0.2) is 5.65 Å². The maximum absolute atomic E-state index is 14.2. The molecule has 0 amide bonds. The van der Waals surface area contributed by atoms with Crippen LogP contribution in [0.3, 0.4) is 0 Å². The van der Waals surface area contributed by atoms with Gasteiger partial charge in [0.2, 0.25) is 5.88 Å². The monoisotopic (exact) mass is 508 g/mol. The average Bonchev–Trinajstić information content (AvgIpc) is 3.61. The number of hydrogen-bond donors (Lipinski definition) is 1. The highest BCUT2D eigenvalue weighted by Gasteiger charge is 2.29. The molecule has 12 heteroatoms. The van der Waals surface area contributed by atoms with Crippen molar-refractivity contribution < 1.29 is 21.9 Å². The Kier molecular flexibility index (Phi) is 5.07. The third kappa shape index (κ3) is 3.79. The predicted octanol–water partition coefficient (Wildman–Crippen LogP) is 4.30. The van der Waals surface area contributed by atoms with Crippen molar-refractivity contribution in [3.05, 3.63) is 72.3 Å². The topological polar surface area (TPSA) is 111 Å². The summed E-state index contributed by atoms with van der Waals surface area (Å²) in [5, 5.41) is 8.58. The van der Waals surface area contributed by atoms with Crippen LogP contribution in [0, 0.1) is 11.6 Å². The minimum atomic E-state index is -4.40. The summed E-state index contributed by atoms with van der Waals surface area (Å²) in [6.45, 7) is 0. The Bertz CT molecular complexity index is 1770. The number of hydrogen-bond acceptors (Lipinski definition) is 7. The van der Waals surface area contributed by atoms with E-state index in [1.54, 1.807) is 6.20 Å². The van der Waals surface area contributed by atoms with Crippen LogP contribution in [0.15, 0.2) is 59.8 Å². The highest BCUT2D eigenvalue weighted by atomic mass is 32.2. The first kappa shape index (κ1) is 22.3. The summed E-state index contributed by atoms with van der Waals surface area (Å²) in [5.41, 5.74) is 3.51. The normalized spacial score (nSPS) is 13.9. The van der Waals surface area contributed by atoms with E-state index < -0.39 is 26.6 Å². The van der Waals surface area contributed by atoms with Crippen LogP contribution >= 0.6 is 0 Å². The Morgan fingerprint density at radius 3 is 2.58 bits per heavy atom. The number of rotatable bonds is 6. The molecular weight excluding hydrogens is 490 g/mol. The molecule has 3 heterocycles. The van der Waals surface area contributed by atoms with Crippen molar-refractivity contribution >= 4 is 32.4 Å². The Labute approximate surface area is 203 Å². The fourth-order valence-electron chi connectivity index (χ4n) is 4.10. The summed E-state index contributed by atoms with van der Waals surface area (Å²) in [6.07, 6.45) is 5.34. The predicted molar refractivity (Wildman–Crippen MR) is 127 cm³/mol. The molecule has 1 N–H and O–H groups in total. The molecule has 0 saturated heterocycles. The fraction of sp³-hybridized carbons (Fsp3) is 0.167. The number of aromatic nitrogens is 5. The van der Waals surface area contributed by atoms with Crippen molar-refractivity contribution in [3.63, 3.8) is 0 Å². The zero-order chi connectivity index (χ0) is 25.0. The molecule has 1 fully saturated rings. The zero-order valence-corrected chi connectivity index (χ0v) is 19.6. The van der Waals surface area contributed by atoms with Crippen molar-refractivity contribution in [2.75, 3.05) is 11.8 Å². The molecule has 1 aliphatic carbocycles. The van der Waals surface area contributed by atoms with Gasteiger partial charge in [0.05, 0.1) is 24.3 Å². The molecule has 9 nitrogen and oxygen atoms in total. The number of nitrogens with zero attached hydrogens (tertiary/aromatic N) is 5. The maximum atomic E-state index is 14.2. The second-order valence-corrected chi connectivity index (χ2v) is 10.1. The average molecular weight is 509 g/mol. The summed E-state index contributed by atoms with van der Waals surface area (Å²) in [6, 6.07) is 9.36. The maximum Gasteiger partial charge on any atom is 0.264 e. The van der Waals surface area contributed by atoms with Crippen LogP contribution in [0.25, 0.3) is 27.8 Å². The lowest BCUT2D eigenvalue weighted by Crippen LogP contribution is -2.15. The summed E-state index contributed by atoms with van der Waals surface area (Å²) >= 11 is 0. The van der Waals surface area contributed by atoms with E-state index in [4.69, 9.17) is 4.74 Å². The van der Waals surface area contributed by atoms with Crippen LogP contribution < -0.4 is 9.46 Å². The molecule has 6 rings (SSSR count). The van der Waals surface area contributed by atoms with E-state index in [-0.39, 0.29) is 11.6 Å². The Balaban J connectivity index is 1.44. The summed E-state index contributed by atoms with van der Waals surface area (Å²) in [5.74, 6) is -0.853. The summed E-state index contributed by atoms with van der Waals surface area (Å²) < 4.78 is 62.7. The quantitative estimate of drug-likeness (QED) is 0.364. The molecule has 0 aliphatic heterocycles. The molecule has 0 bridgehead atoms. The summed E-state index contributed by atoms with van der Waals surface area (Å²) in [4.78, 5) is 7.99. The molecule has 0 atom stereocenters. The van der Waals surface area contributed by atoms with Crippen LogP contribution in [0.4, 0.5) is 14.5 Å². The molecule has 1 aliphatic rings. The van der Waals surface area contributed by atoms with Gasteiger partial charge in [-0.2, -0.15) is 0 Å². The highest BCUT2D eigenvalue weighted by molar-refractivity contribution is 7.92. The van der Waals surface area contributed by atoms with E-state index in [0.29, 0.717) is 23.2 Å². The van der Waals surface area contributed by atoms with E-state index in [2.05, 4.69) is 24.9 Å². The third-order valence-corrected chi connectivity index (χ3v) is 7.40. The Morgan fingerprint density at radius 1 is 1.00 bits per heavy atom. The van der Waals surface area contributed by atoms with Crippen LogP contribution in [-0.2, 0) is 10.0 Å². The van der Waals surface area contributed by atoms with Gasteiger partial charge in [0.1, 0.15) is 28.0 Å². The van der Waals surface area contributed by atoms with Crippen LogP contribution in [0.1, 0.15) is 24.6 Å².